The maximum absolute atomic E-state index is 13.1. The predicted molar refractivity (Wildman–Crippen MR) is 417 cm³/mol. The van der Waals surface area contributed by atoms with Crippen LogP contribution in [0.15, 0.2) is 182 Å². The molecule has 0 aromatic carbocycles. The highest BCUT2D eigenvalue weighted by Crippen LogP contribution is 2.45. The summed E-state index contributed by atoms with van der Waals surface area (Å²) in [5.41, 5.74) is 0. The second-order valence-electron chi connectivity index (χ2n) is 24.5. The zero-order valence-corrected chi connectivity index (χ0v) is 64.5. The first-order valence-corrected chi connectivity index (χ1v) is 41.0. The van der Waals surface area contributed by atoms with E-state index in [0.717, 1.165) is 180 Å². The van der Waals surface area contributed by atoms with Gasteiger partial charge >= 0.3 is 39.5 Å². The Labute approximate surface area is 615 Å². The number of ether oxygens (including phenoxy) is 4. The van der Waals surface area contributed by atoms with Crippen LogP contribution < -0.4 is 0 Å². The van der Waals surface area contributed by atoms with Gasteiger partial charge in [0, 0.05) is 19.3 Å². The second kappa shape index (κ2) is 73.5. The van der Waals surface area contributed by atoms with Crippen molar-refractivity contribution >= 4 is 39.5 Å². The standard InChI is InChI=1S/C83H132O17P2/c1-5-9-13-17-21-25-29-33-36-37-38-39-42-45-48-52-56-60-64-68-81(86)94-74-79(100-83(88)70-66-62-58-54-50-46-41-35-31-27-23-19-15-11-7-3)76-98-102(91,92)96-72-77(84)71-95-101(89,90)97-75-78(99-82(87)69-65-61-57-53-49-43-32-28-24-20-16-12-8-4)73-93-80(85)67-63-59-55-51-47-44-40-34-30-26-22-18-14-10-6-2/h9-11,13-16,20-23,25-28,32-36,38-41,45,47-48,51,59,63,77-79,84H,5-8,12,17-19,24,29-31,37,42-44,46,49-50,52-58,60-62,64-76H2,1-4H3,(H,89,90)(H,91,92)/b13-9-,14-10-,15-11-,20-16-,25-21-,26-22-,27-23-,32-28-,36-33-,39-38-,40-34-,41-35-,48-45-,51-47-,63-59-. The van der Waals surface area contributed by atoms with Crippen molar-refractivity contribution in [3.8, 4) is 0 Å². The molecule has 5 unspecified atom stereocenters. The summed E-state index contributed by atoms with van der Waals surface area (Å²) in [6.07, 6.45) is 87.7. The molecule has 576 valence electrons. The van der Waals surface area contributed by atoms with Gasteiger partial charge in [0.2, 0.25) is 0 Å². The van der Waals surface area contributed by atoms with Crippen LogP contribution in [0.3, 0.4) is 0 Å². The Morgan fingerprint density at radius 3 is 0.882 bits per heavy atom. The van der Waals surface area contributed by atoms with Crippen LogP contribution in [0.1, 0.15) is 259 Å². The summed E-state index contributed by atoms with van der Waals surface area (Å²) in [6, 6.07) is 0. The number of carbonyl (C=O) groups is 4. The second-order valence-corrected chi connectivity index (χ2v) is 27.4. The van der Waals surface area contributed by atoms with Crippen molar-refractivity contribution in [3.63, 3.8) is 0 Å². The lowest BCUT2D eigenvalue weighted by atomic mass is 10.1. The van der Waals surface area contributed by atoms with Gasteiger partial charge in [0.1, 0.15) is 19.3 Å². The number of hydrogen-bond acceptors (Lipinski definition) is 15. The molecule has 0 aromatic rings. The fourth-order valence-electron chi connectivity index (χ4n) is 9.19. The fraction of sp³-hybridized carbons (Fsp3) is 0.590. The fourth-order valence-corrected chi connectivity index (χ4v) is 10.8. The Morgan fingerprint density at radius 2 is 0.549 bits per heavy atom. The lowest BCUT2D eigenvalue weighted by molar-refractivity contribution is -0.161. The Balaban J connectivity index is 5.49. The number of phosphoric acid groups is 2. The third-order valence-corrected chi connectivity index (χ3v) is 16.8. The largest absolute Gasteiger partial charge is 0.472 e. The van der Waals surface area contributed by atoms with Gasteiger partial charge in [0.15, 0.2) is 12.2 Å². The van der Waals surface area contributed by atoms with Gasteiger partial charge in [-0.15, -0.1) is 0 Å². The first-order chi connectivity index (χ1) is 49.7. The van der Waals surface area contributed by atoms with Crippen LogP contribution in [0.4, 0.5) is 0 Å². The highest BCUT2D eigenvalue weighted by atomic mass is 31.2. The summed E-state index contributed by atoms with van der Waals surface area (Å²) in [5.74, 6) is -2.42. The number of carbonyl (C=O) groups excluding carboxylic acids is 4. The molecule has 0 saturated carbocycles. The molecule has 17 nitrogen and oxygen atoms in total. The zero-order chi connectivity index (χ0) is 74.6. The maximum Gasteiger partial charge on any atom is 0.472 e. The first kappa shape index (κ1) is 96.2. The van der Waals surface area contributed by atoms with Crippen molar-refractivity contribution < 1.29 is 80.2 Å². The molecule has 5 atom stereocenters. The van der Waals surface area contributed by atoms with Gasteiger partial charge in [-0.2, -0.15) is 0 Å². The van der Waals surface area contributed by atoms with E-state index in [1.165, 1.54) is 0 Å². The van der Waals surface area contributed by atoms with Crippen molar-refractivity contribution in [1.82, 2.24) is 0 Å². The summed E-state index contributed by atoms with van der Waals surface area (Å²) < 4.78 is 68.3. The highest BCUT2D eigenvalue weighted by molar-refractivity contribution is 7.47. The van der Waals surface area contributed by atoms with Gasteiger partial charge < -0.3 is 33.8 Å². The average molecular weight is 1460 g/mol. The molecule has 0 aliphatic heterocycles. The number of allylic oxidation sites excluding steroid dienone is 29. The molecule has 0 aliphatic carbocycles. The summed E-state index contributed by atoms with van der Waals surface area (Å²) in [4.78, 5) is 72.8. The molecule has 0 saturated heterocycles. The Hall–Kier alpha value is -5.84. The minimum absolute atomic E-state index is 0.0516. The van der Waals surface area contributed by atoms with E-state index >= 15 is 0 Å². The van der Waals surface area contributed by atoms with E-state index in [1.807, 2.05) is 18.2 Å². The van der Waals surface area contributed by atoms with Crippen molar-refractivity contribution in [1.29, 1.82) is 0 Å². The SMILES string of the molecule is CC/C=C\C/C=C\C/C=C\C/C=C\C/C=C\CCCCCC(=O)OCC(COP(=O)(O)OCC(O)COP(=O)(O)OCC(COC(=O)C/C=C\C/C=C\C/C=C\C/C=C\C/C=C\CC)OC(=O)CCCCCCC/C=C\C/C=C\CCC)OC(=O)CCCCCCC/C=C\C/C=C\C/C=C\CC. The van der Waals surface area contributed by atoms with Crippen molar-refractivity contribution in [2.45, 2.75) is 277 Å². The summed E-state index contributed by atoms with van der Waals surface area (Å²) in [6.45, 7) is 4.24. The molecule has 0 aromatic heterocycles. The van der Waals surface area contributed by atoms with Gasteiger partial charge in [-0.1, -0.05) is 261 Å². The smallest absolute Gasteiger partial charge is 0.462 e. The Bertz CT molecular complexity index is 2650. The Morgan fingerprint density at radius 1 is 0.294 bits per heavy atom. The van der Waals surface area contributed by atoms with E-state index in [-0.39, 0.29) is 25.7 Å². The molecule has 0 amide bonds. The van der Waals surface area contributed by atoms with E-state index in [4.69, 9.17) is 37.0 Å². The maximum atomic E-state index is 13.1. The molecule has 0 bridgehead atoms. The molecular weight excluding hydrogens is 1330 g/mol. The van der Waals surface area contributed by atoms with Gasteiger partial charge in [-0.05, 0) is 154 Å². The number of rotatable bonds is 69. The minimum Gasteiger partial charge on any atom is -0.462 e. The van der Waals surface area contributed by atoms with Crippen LogP contribution in [0, 0.1) is 0 Å². The molecule has 0 heterocycles. The van der Waals surface area contributed by atoms with Crippen molar-refractivity contribution in [2.75, 3.05) is 39.6 Å². The van der Waals surface area contributed by atoms with Crippen LogP contribution in [0.2, 0.25) is 0 Å². The van der Waals surface area contributed by atoms with Crippen molar-refractivity contribution in [2.24, 2.45) is 0 Å². The van der Waals surface area contributed by atoms with E-state index in [2.05, 4.69) is 186 Å². The molecule has 102 heavy (non-hydrogen) atoms. The number of aliphatic hydroxyl groups excluding tert-OH is 1. The van der Waals surface area contributed by atoms with Gasteiger partial charge in [0.05, 0.1) is 32.8 Å². The van der Waals surface area contributed by atoms with Crippen molar-refractivity contribution in [3.05, 3.63) is 182 Å². The molecule has 0 spiro atoms. The number of phosphoric ester groups is 2. The van der Waals surface area contributed by atoms with E-state index in [0.29, 0.717) is 25.7 Å². The number of aliphatic hydroxyl groups is 1. The highest BCUT2D eigenvalue weighted by Gasteiger charge is 2.30. The van der Waals surface area contributed by atoms with E-state index in [9.17, 15) is 43.2 Å². The predicted octanol–water partition coefficient (Wildman–Crippen LogP) is 22.0. The molecule has 19 heteroatoms. The number of esters is 4. The zero-order valence-electron chi connectivity index (χ0n) is 62.7. The average Bonchev–Trinajstić information content (AvgIpc) is 0.924. The first-order valence-electron chi connectivity index (χ1n) is 38.0. The van der Waals surface area contributed by atoms with Gasteiger partial charge in [-0.3, -0.25) is 37.3 Å². The normalized spacial score (nSPS) is 14.9. The Kier molecular flexibility index (Phi) is 69.3. The third-order valence-electron chi connectivity index (χ3n) is 14.9. The summed E-state index contributed by atoms with van der Waals surface area (Å²) in [5, 5.41) is 10.6. The number of unbranched alkanes of at least 4 members (excludes halogenated alkanes) is 14. The molecule has 3 N–H and O–H groups in total. The number of hydrogen-bond donors (Lipinski definition) is 3. The molecule has 0 fully saturated rings. The summed E-state index contributed by atoms with van der Waals surface area (Å²) in [7, 11) is -10.0. The van der Waals surface area contributed by atoms with Gasteiger partial charge in [0.25, 0.3) is 0 Å². The third kappa shape index (κ3) is 72.5. The van der Waals surface area contributed by atoms with E-state index < -0.39 is 97.5 Å². The van der Waals surface area contributed by atoms with Crippen LogP contribution in [0.25, 0.3) is 0 Å². The van der Waals surface area contributed by atoms with Crippen LogP contribution in [-0.2, 0) is 65.4 Å². The van der Waals surface area contributed by atoms with Crippen LogP contribution >= 0.6 is 15.6 Å². The monoisotopic (exact) mass is 1460 g/mol. The lowest BCUT2D eigenvalue weighted by Crippen LogP contribution is -2.30. The van der Waals surface area contributed by atoms with Crippen LogP contribution in [-0.4, -0.2) is 96.7 Å². The molecule has 0 aliphatic rings. The molecule has 0 radical (unpaired) electrons. The lowest BCUT2D eigenvalue weighted by Gasteiger charge is -2.21. The van der Waals surface area contributed by atoms with Crippen LogP contribution in [0.5, 0.6) is 0 Å². The molecule has 0 rings (SSSR count). The van der Waals surface area contributed by atoms with Gasteiger partial charge in [-0.25, -0.2) is 9.13 Å². The molecular formula is C83H132O17P2. The topological polar surface area (TPSA) is 237 Å². The quantitative estimate of drug-likeness (QED) is 0.0169. The van der Waals surface area contributed by atoms with E-state index in [1.54, 1.807) is 6.08 Å². The summed E-state index contributed by atoms with van der Waals surface area (Å²) >= 11 is 0. The minimum atomic E-state index is -5.01.